The predicted molar refractivity (Wildman–Crippen MR) is 67.1 cm³/mol. The second-order valence-corrected chi connectivity index (χ2v) is 5.55. The molecule has 1 heterocycles. The zero-order valence-corrected chi connectivity index (χ0v) is 10.7. The molecule has 0 aromatic rings. The van der Waals surface area contributed by atoms with Crippen LogP contribution in [0.3, 0.4) is 0 Å². The van der Waals surface area contributed by atoms with Gasteiger partial charge in [-0.2, -0.15) is 0 Å². The third kappa shape index (κ3) is 2.83. The van der Waals surface area contributed by atoms with E-state index in [9.17, 15) is 14.7 Å². The van der Waals surface area contributed by atoms with Crippen LogP contribution < -0.4 is 10.6 Å². The van der Waals surface area contributed by atoms with Crippen LogP contribution in [0.4, 0.5) is 0 Å². The molecule has 1 aliphatic carbocycles. The lowest BCUT2D eigenvalue weighted by Crippen LogP contribution is -2.46. The molecule has 2 rings (SSSR count). The topological polar surface area (TPSA) is 78.4 Å². The van der Waals surface area contributed by atoms with Gasteiger partial charge >= 0.3 is 5.97 Å². The highest BCUT2D eigenvalue weighted by molar-refractivity contribution is 5.81. The van der Waals surface area contributed by atoms with Crippen LogP contribution in [0.1, 0.15) is 38.5 Å². The summed E-state index contributed by atoms with van der Waals surface area (Å²) in [4.78, 5) is 23.4. The molecule has 0 bridgehead atoms. The van der Waals surface area contributed by atoms with E-state index >= 15 is 0 Å². The van der Waals surface area contributed by atoms with Crippen LogP contribution >= 0.6 is 0 Å². The molecule has 1 unspecified atom stereocenters. The maximum atomic E-state index is 11.9. The van der Waals surface area contributed by atoms with Gasteiger partial charge in [-0.05, 0) is 25.8 Å². The van der Waals surface area contributed by atoms with Crippen molar-refractivity contribution >= 4 is 11.9 Å². The summed E-state index contributed by atoms with van der Waals surface area (Å²) in [5.41, 5.74) is -0.722. The molecular formula is C13H22N2O3. The number of aliphatic carboxylic acids is 1. The van der Waals surface area contributed by atoms with Crippen molar-refractivity contribution in [3.63, 3.8) is 0 Å². The Kier molecular flexibility index (Phi) is 4.22. The average molecular weight is 254 g/mol. The maximum absolute atomic E-state index is 11.9. The highest BCUT2D eigenvalue weighted by Crippen LogP contribution is 2.36. The molecule has 1 aliphatic heterocycles. The number of hydrogen-bond acceptors (Lipinski definition) is 3. The van der Waals surface area contributed by atoms with Crippen molar-refractivity contribution in [2.45, 2.75) is 38.5 Å². The van der Waals surface area contributed by atoms with Gasteiger partial charge in [-0.1, -0.05) is 19.3 Å². The summed E-state index contributed by atoms with van der Waals surface area (Å²) in [5.74, 6) is -0.738. The summed E-state index contributed by atoms with van der Waals surface area (Å²) < 4.78 is 0. The van der Waals surface area contributed by atoms with Gasteiger partial charge in [0.1, 0.15) is 0 Å². The molecule has 0 aromatic heterocycles. The fraction of sp³-hybridized carbons (Fsp3) is 0.846. The standard InChI is InChI=1S/C13H22N2O3/c16-11(10-4-7-14-8-10)15-9-13(12(17)18)5-2-1-3-6-13/h10,14H,1-9H2,(H,15,16)(H,17,18). The monoisotopic (exact) mass is 254 g/mol. The fourth-order valence-corrected chi connectivity index (χ4v) is 2.97. The Balaban J connectivity index is 1.89. The molecule has 1 saturated heterocycles. The van der Waals surface area contributed by atoms with Crippen LogP contribution in [0.5, 0.6) is 0 Å². The summed E-state index contributed by atoms with van der Waals surface area (Å²) >= 11 is 0. The summed E-state index contributed by atoms with van der Waals surface area (Å²) in [6, 6.07) is 0. The Bertz CT molecular complexity index is 318. The highest BCUT2D eigenvalue weighted by Gasteiger charge is 2.40. The highest BCUT2D eigenvalue weighted by atomic mass is 16.4. The summed E-state index contributed by atoms with van der Waals surface area (Å²) in [6.07, 6.45) is 5.23. The number of nitrogens with one attached hydrogen (secondary N) is 2. The molecule has 1 saturated carbocycles. The Morgan fingerprint density at radius 3 is 2.56 bits per heavy atom. The van der Waals surface area contributed by atoms with E-state index in [0.29, 0.717) is 19.4 Å². The first kappa shape index (κ1) is 13.3. The van der Waals surface area contributed by atoms with Gasteiger partial charge in [-0.15, -0.1) is 0 Å². The smallest absolute Gasteiger partial charge is 0.311 e. The number of carbonyl (C=O) groups excluding carboxylic acids is 1. The normalized spacial score (nSPS) is 26.8. The van der Waals surface area contributed by atoms with Crippen molar-refractivity contribution in [1.29, 1.82) is 0 Å². The van der Waals surface area contributed by atoms with Crippen molar-refractivity contribution < 1.29 is 14.7 Å². The number of amides is 1. The molecule has 0 spiro atoms. The van der Waals surface area contributed by atoms with Crippen LogP contribution in [0.15, 0.2) is 0 Å². The van der Waals surface area contributed by atoms with Gasteiger partial charge < -0.3 is 15.7 Å². The second kappa shape index (κ2) is 5.69. The minimum absolute atomic E-state index is 0.00574. The van der Waals surface area contributed by atoms with Gasteiger partial charge in [0, 0.05) is 13.1 Å². The van der Waals surface area contributed by atoms with Crippen molar-refractivity contribution in [3.8, 4) is 0 Å². The van der Waals surface area contributed by atoms with Gasteiger partial charge in [0.2, 0.25) is 5.91 Å². The molecule has 1 amide bonds. The molecule has 2 fully saturated rings. The molecule has 18 heavy (non-hydrogen) atoms. The van der Waals surface area contributed by atoms with Gasteiger partial charge in [0.15, 0.2) is 0 Å². The lowest BCUT2D eigenvalue weighted by Gasteiger charge is -2.33. The Hall–Kier alpha value is -1.10. The van der Waals surface area contributed by atoms with Crippen LogP contribution in [0.2, 0.25) is 0 Å². The predicted octanol–water partition coefficient (Wildman–Crippen LogP) is 0.747. The van der Waals surface area contributed by atoms with Crippen molar-refractivity contribution in [2.75, 3.05) is 19.6 Å². The van der Waals surface area contributed by atoms with E-state index in [0.717, 1.165) is 32.2 Å². The molecule has 1 atom stereocenters. The number of carbonyl (C=O) groups is 2. The molecule has 2 aliphatic rings. The van der Waals surface area contributed by atoms with E-state index in [1.807, 2.05) is 0 Å². The lowest BCUT2D eigenvalue weighted by atomic mass is 9.74. The van der Waals surface area contributed by atoms with E-state index < -0.39 is 11.4 Å². The SMILES string of the molecule is O=C(NCC1(C(=O)O)CCCCC1)C1CCNC1. The number of carboxylic acid groups (broad SMARTS) is 1. The van der Waals surface area contributed by atoms with Crippen LogP contribution in [0, 0.1) is 11.3 Å². The molecule has 0 radical (unpaired) electrons. The quantitative estimate of drug-likeness (QED) is 0.691. The summed E-state index contributed by atoms with van der Waals surface area (Å²) in [5, 5.41) is 15.4. The first-order valence-electron chi connectivity index (χ1n) is 6.86. The molecule has 0 aromatic carbocycles. The fourth-order valence-electron chi connectivity index (χ4n) is 2.97. The Morgan fingerprint density at radius 1 is 1.28 bits per heavy atom. The molecule has 102 valence electrons. The van der Waals surface area contributed by atoms with E-state index in [1.54, 1.807) is 0 Å². The zero-order valence-electron chi connectivity index (χ0n) is 10.7. The van der Waals surface area contributed by atoms with Crippen molar-refractivity contribution in [2.24, 2.45) is 11.3 Å². The second-order valence-electron chi connectivity index (χ2n) is 5.55. The van der Waals surface area contributed by atoms with Crippen LogP contribution in [-0.2, 0) is 9.59 Å². The molecule has 3 N–H and O–H groups in total. The van der Waals surface area contributed by atoms with E-state index in [2.05, 4.69) is 10.6 Å². The summed E-state index contributed by atoms with van der Waals surface area (Å²) in [6.45, 7) is 1.88. The van der Waals surface area contributed by atoms with Crippen LogP contribution in [0.25, 0.3) is 0 Å². The van der Waals surface area contributed by atoms with E-state index in [4.69, 9.17) is 0 Å². The van der Waals surface area contributed by atoms with Gasteiger partial charge in [0.25, 0.3) is 0 Å². The Labute approximate surface area is 107 Å². The summed E-state index contributed by atoms with van der Waals surface area (Å²) in [7, 11) is 0. The van der Waals surface area contributed by atoms with E-state index in [-0.39, 0.29) is 18.4 Å². The average Bonchev–Trinajstić information content (AvgIpc) is 2.91. The third-order valence-corrected chi connectivity index (χ3v) is 4.30. The van der Waals surface area contributed by atoms with E-state index in [1.165, 1.54) is 0 Å². The van der Waals surface area contributed by atoms with Gasteiger partial charge in [0.05, 0.1) is 11.3 Å². The third-order valence-electron chi connectivity index (χ3n) is 4.30. The molecule has 5 nitrogen and oxygen atoms in total. The molecule has 5 heteroatoms. The first-order chi connectivity index (χ1) is 8.64. The minimum atomic E-state index is -0.757. The minimum Gasteiger partial charge on any atom is -0.481 e. The van der Waals surface area contributed by atoms with Crippen LogP contribution in [-0.4, -0.2) is 36.6 Å². The number of rotatable bonds is 4. The maximum Gasteiger partial charge on any atom is 0.311 e. The first-order valence-corrected chi connectivity index (χ1v) is 6.86. The van der Waals surface area contributed by atoms with Crippen molar-refractivity contribution in [1.82, 2.24) is 10.6 Å². The van der Waals surface area contributed by atoms with Gasteiger partial charge in [-0.3, -0.25) is 9.59 Å². The zero-order chi connectivity index (χ0) is 13.0. The van der Waals surface area contributed by atoms with Gasteiger partial charge in [-0.25, -0.2) is 0 Å². The number of carboxylic acids is 1. The number of hydrogen-bond donors (Lipinski definition) is 3. The molecular weight excluding hydrogens is 232 g/mol. The van der Waals surface area contributed by atoms with Crippen molar-refractivity contribution in [3.05, 3.63) is 0 Å². The Morgan fingerprint density at radius 2 is 2.00 bits per heavy atom. The lowest BCUT2D eigenvalue weighted by molar-refractivity contribution is -0.151. The largest absolute Gasteiger partial charge is 0.481 e.